The summed E-state index contributed by atoms with van der Waals surface area (Å²) in [6.45, 7) is 1.75. The van der Waals surface area contributed by atoms with Crippen molar-refractivity contribution in [3.05, 3.63) is 71.8 Å². The van der Waals surface area contributed by atoms with Crippen LogP contribution in [-0.2, 0) is 14.8 Å². The number of hydrogen-bond donors (Lipinski definition) is 1. The summed E-state index contributed by atoms with van der Waals surface area (Å²) in [6, 6.07) is 16.1. The molecular weight excluding hydrogens is 372 g/mol. The lowest BCUT2D eigenvalue weighted by Crippen LogP contribution is -2.40. The summed E-state index contributed by atoms with van der Waals surface area (Å²) in [5.74, 6) is 0.871. The maximum Gasteiger partial charge on any atom is 0.243 e. The average Bonchev–Trinajstić information content (AvgIpc) is 3.24. The molecule has 1 N–H and O–H groups in total. The van der Waals surface area contributed by atoms with Gasteiger partial charge in [0.1, 0.15) is 0 Å². The van der Waals surface area contributed by atoms with E-state index >= 15 is 0 Å². The van der Waals surface area contributed by atoms with Gasteiger partial charge in [-0.1, -0.05) is 42.5 Å². The number of sulfonamides is 1. The van der Waals surface area contributed by atoms with Gasteiger partial charge in [0, 0.05) is 24.7 Å². The molecule has 28 heavy (non-hydrogen) atoms. The number of anilines is 1. The molecule has 5 nitrogen and oxygen atoms in total. The summed E-state index contributed by atoms with van der Waals surface area (Å²) in [6.07, 6.45) is 5.61. The fourth-order valence-electron chi connectivity index (χ4n) is 4.66. The third-order valence-corrected chi connectivity index (χ3v) is 8.03. The van der Waals surface area contributed by atoms with Crippen LogP contribution in [0.15, 0.2) is 65.6 Å². The van der Waals surface area contributed by atoms with Gasteiger partial charge in [0.2, 0.25) is 10.0 Å². The zero-order chi connectivity index (χ0) is 19.1. The summed E-state index contributed by atoms with van der Waals surface area (Å²) in [4.78, 5) is 0.357. The van der Waals surface area contributed by atoms with E-state index in [-0.39, 0.29) is 6.04 Å². The highest BCUT2D eigenvalue weighted by molar-refractivity contribution is 7.89. The third kappa shape index (κ3) is 2.96. The fourth-order valence-corrected chi connectivity index (χ4v) is 6.06. The minimum absolute atomic E-state index is 0.176. The average molecular weight is 397 g/mol. The van der Waals surface area contributed by atoms with Crippen LogP contribution in [0.2, 0.25) is 0 Å². The first-order valence-electron chi connectivity index (χ1n) is 9.84. The van der Waals surface area contributed by atoms with Crippen LogP contribution in [-0.4, -0.2) is 39.0 Å². The van der Waals surface area contributed by atoms with Crippen molar-refractivity contribution in [2.45, 2.75) is 23.3 Å². The van der Waals surface area contributed by atoms with Crippen molar-refractivity contribution >= 4 is 15.7 Å². The van der Waals surface area contributed by atoms with E-state index in [2.05, 4.69) is 41.7 Å². The lowest BCUT2D eigenvalue weighted by atomic mass is 9.77. The largest absolute Gasteiger partial charge is 0.379 e. The molecule has 2 aromatic rings. The molecule has 2 heterocycles. The zero-order valence-electron chi connectivity index (χ0n) is 15.6. The second-order valence-electron chi connectivity index (χ2n) is 7.65. The predicted octanol–water partition coefficient (Wildman–Crippen LogP) is 3.53. The van der Waals surface area contributed by atoms with E-state index in [1.165, 1.54) is 15.6 Å². The lowest BCUT2D eigenvalue weighted by molar-refractivity contribution is 0.0730. The predicted molar refractivity (Wildman–Crippen MR) is 109 cm³/mol. The number of hydrogen-bond acceptors (Lipinski definition) is 4. The van der Waals surface area contributed by atoms with Gasteiger partial charge in [-0.3, -0.25) is 0 Å². The molecule has 1 saturated heterocycles. The molecule has 0 radical (unpaired) electrons. The Kier molecular flexibility index (Phi) is 4.50. The monoisotopic (exact) mass is 396 g/mol. The highest BCUT2D eigenvalue weighted by Gasteiger charge is 2.37. The summed E-state index contributed by atoms with van der Waals surface area (Å²) in [5.41, 5.74) is 3.66. The van der Waals surface area contributed by atoms with Gasteiger partial charge in [0.25, 0.3) is 0 Å². The summed E-state index contributed by atoms with van der Waals surface area (Å²) < 4.78 is 32.5. The maximum atomic E-state index is 12.9. The third-order valence-electron chi connectivity index (χ3n) is 6.12. The Labute approximate surface area is 166 Å². The summed E-state index contributed by atoms with van der Waals surface area (Å²) in [7, 11) is -3.46. The van der Waals surface area contributed by atoms with Crippen molar-refractivity contribution in [1.29, 1.82) is 0 Å². The molecule has 3 atom stereocenters. The van der Waals surface area contributed by atoms with Gasteiger partial charge in [-0.2, -0.15) is 4.31 Å². The molecule has 5 rings (SSSR count). The van der Waals surface area contributed by atoms with Gasteiger partial charge in [-0.05, 0) is 41.7 Å². The number of benzene rings is 2. The number of morpholine rings is 1. The Hall–Kier alpha value is -2.15. The first kappa shape index (κ1) is 17.9. The molecule has 0 amide bonds. The molecule has 0 spiro atoms. The maximum absolute atomic E-state index is 12.9. The van der Waals surface area contributed by atoms with Gasteiger partial charge in [0.05, 0.1) is 24.2 Å². The van der Waals surface area contributed by atoms with E-state index < -0.39 is 10.0 Å². The zero-order valence-corrected chi connectivity index (χ0v) is 16.4. The van der Waals surface area contributed by atoms with Gasteiger partial charge < -0.3 is 10.1 Å². The number of nitrogens with one attached hydrogen (secondary N) is 1. The Morgan fingerprint density at radius 3 is 2.54 bits per heavy atom. The number of para-hydroxylation sites is 1. The van der Waals surface area contributed by atoms with Gasteiger partial charge in [-0.25, -0.2) is 8.42 Å². The summed E-state index contributed by atoms with van der Waals surface area (Å²) in [5, 5.41) is 3.69. The van der Waals surface area contributed by atoms with Crippen LogP contribution in [0.4, 0.5) is 5.69 Å². The van der Waals surface area contributed by atoms with Crippen molar-refractivity contribution in [2.24, 2.45) is 5.92 Å². The molecule has 2 aliphatic heterocycles. The van der Waals surface area contributed by atoms with Crippen molar-refractivity contribution in [2.75, 3.05) is 31.6 Å². The van der Waals surface area contributed by atoms with E-state index in [1.54, 1.807) is 12.1 Å². The minimum atomic E-state index is -3.46. The van der Waals surface area contributed by atoms with E-state index in [9.17, 15) is 8.42 Å². The summed E-state index contributed by atoms with van der Waals surface area (Å²) >= 11 is 0. The molecule has 146 valence electrons. The number of rotatable bonds is 3. The Balaban J connectivity index is 1.43. The normalized spacial score (nSPS) is 27.1. The molecule has 0 bridgehead atoms. The molecule has 1 aliphatic carbocycles. The van der Waals surface area contributed by atoms with E-state index in [4.69, 9.17) is 4.74 Å². The Morgan fingerprint density at radius 1 is 1.00 bits per heavy atom. The Morgan fingerprint density at radius 2 is 1.75 bits per heavy atom. The van der Waals surface area contributed by atoms with Crippen LogP contribution >= 0.6 is 0 Å². The first-order chi connectivity index (χ1) is 13.6. The van der Waals surface area contributed by atoms with Gasteiger partial charge in [0.15, 0.2) is 0 Å². The van der Waals surface area contributed by atoms with E-state index in [0.717, 1.165) is 12.0 Å². The standard InChI is InChI=1S/C22H24N2O3S/c25-28(26,24-12-14-27-15-13-24)17-10-8-16(9-11-17)22-20-6-3-5-18(20)19-4-1-2-7-21(19)23-22/h1-5,7-11,18,20,22-23H,6,12-15H2. The van der Waals surface area contributed by atoms with Crippen LogP contribution in [0.5, 0.6) is 0 Å². The molecule has 3 aliphatic rings. The van der Waals surface area contributed by atoms with Gasteiger partial charge >= 0.3 is 0 Å². The number of nitrogens with zero attached hydrogens (tertiary/aromatic N) is 1. The number of fused-ring (bicyclic) bond motifs is 3. The fraction of sp³-hybridized carbons (Fsp3) is 0.364. The molecule has 0 aromatic heterocycles. The number of ether oxygens (including phenoxy) is 1. The van der Waals surface area contributed by atoms with Crippen molar-refractivity contribution in [3.8, 4) is 0 Å². The Bertz CT molecular complexity index is 995. The topological polar surface area (TPSA) is 58.6 Å². The number of allylic oxidation sites excluding steroid dienone is 2. The molecular formula is C22H24N2O3S. The van der Waals surface area contributed by atoms with E-state index in [0.29, 0.717) is 43.0 Å². The highest BCUT2D eigenvalue weighted by atomic mass is 32.2. The first-order valence-corrected chi connectivity index (χ1v) is 11.3. The highest BCUT2D eigenvalue weighted by Crippen LogP contribution is 2.49. The molecule has 2 aromatic carbocycles. The second kappa shape index (κ2) is 7.03. The lowest BCUT2D eigenvalue weighted by Gasteiger charge is -2.37. The van der Waals surface area contributed by atoms with Crippen molar-refractivity contribution in [1.82, 2.24) is 4.31 Å². The van der Waals surface area contributed by atoms with Crippen LogP contribution in [0.1, 0.15) is 29.5 Å². The van der Waals surface area contributed by atoms with Gasteiger partial charge in [-0.15, -0.1) is 0 Å². The smallest absolute Gasteiger partial charge is 0.243 e. The molecule has 1 fully saturated rings. The van der Waals surface area contributed by atoms with Crippen LogP contribution < -0.4 is 5.32 Å². The second-order valence-corrected chi connectivity index (χ2v) is 9.59. The molecule has 3 unspecified atom stereocenters. The molecule has 6 heteroatoms. The quantitative estimate of drug-likeness (QED) is 0.807. The molecule has 0 saturated carbocycles. The van der Waals surface area contributed by atoms with Crippen LogP contribution in [0.25, 0.3) is 0 Å². The van der Waals surface area contributed by atoms with E-state index in [1.807, 2.05) is 12.1 Å². The SMILES string of the molecule is O=S(=O)(c1ccc(C2Nc3ccccc3C3C=CCC32)cc1)N1CCOCC1. The van der Waals surface area contributed by atoms with Crippen LogP contribution in [0, 0.1) is 5.92 Å². The van der Waals surface area contributed by atoms with Crippen LogP contribution in [0.3, 0.4) is 0 Å². The van der Waals surface area contributed by atoms with Crippen molar-refractivity contribution < 1.29 is 13.2 Å². The van der Waals surface area contributed by atoms with Crippen molar-refractivity contribution in [3.63, 3.8) is 0 Å². The minimum Gasteiger partial charge on any atom is -0.379 e.